The zero-order valence-electron chi connectivity index (χ0n) is 10.3. The van der Waals surface area contributed by atoms with Gasteiger partial charge in [-0.25, -0.2) is 0 Å². The van der Waals surface area contributed by atoms with Crippen LogP contribution >= 0.6 is 0 Å². The third kappa shape index (κ3) is 2.85. The van der Waals surface area contributed by atoms with Crippen molar-refractivity contribution in [3.8, 4) is 0 Å². The Hall–Kier alpha value is -0.830. The summed E-state index contributed by atoms with van der Waals surface area (Å²) < 4.78 is 5.26. The Morgan fingerprint density at radius 2 is 2.31 bits per heavy atom. The molecule has 1 saturated carbocycles. The number of hydrogen-bond acceptors (Lipinski definition) is 3. The van der Waals surface area contributed by atoms with Crippen molar-refractivity contribution in [2.75, 3.05) is 0 Å². The summed E-state index contributed by atoms with van der Waals surface area (Å²) in [5, 5.41) is 7.56. The van der Waals surface area contributed by atoms with Crippen LogP contribution in [0.1, 0.15) is 51.0 Å². The highest BCUT2D eigenvalue weighted by Crippen LogP contribution is 2.27. The minimum absolute atomic E-state index is 0.681. The molecule has 2 atom stereocenters. The molecule has 0 spiro atoms. The summed E-state index contributed by atoms with van der Waals surface area (Å²) in [6.07, 6.45) is 6.29. The average molecular weight is 222 g/mol. The van der Waals surface area contributed by atoms with E-state index in [2.05, 4.69) is 30.4 Å². The van der Waals surface area contributed by atoms with Crippen molar-refractivity contribution in [3.05, 3.63) is 17.5 Å². The number of nitrogens with zero attached hydrogens (tertiary/aromatic N) is 1. The van der Waals surface area contributed by atoms with E-state index >= 15 is 0 Å². The highest BCUT2D eigenvalue weighted by molar-refractivity contribution is 5.04. The number of aromatic nitrogens is 1. The van der Waals surface area contributed by atoms with Crippen LogP contribution in [0, 0.1) is 5.92 Å². The van der Waals surface area contributed by atoms with E-state index < -0.39 is 0 Å². The number of hydrogen-bond donors (Lipinski definition) is 1. The molecule has 0 saturated heterocycles. The van der Waals surface area contributed by atoms with Crippen LogP contribution in [-0.2, 0) is 13.0 Å². The third-order valence-corrected chi connectivity index (χ3v) is 3.65. The lowest BCUT2D eigenvalue weighted by atomic mass is 10.1. The fourth-order valence-electron chi connectivity index (χ4n) is 2.48. The van der Waals surface area contributed by atoms with Crippen molar-refractivity contribution >= 4 is 0 Å². The number of nitrogens with one attached hydrogen (secondary N) is 1. The van der Waals surface area contributed by atoms with Crippen molar-refractivity contribution in [2.45, 2.75) is 58.5 Å². The Kier molecular flexibility index (Phi) is 3.99. The lowest BCUT2D eigenvalue weighted by Crippen LogP contribution is -2.25. The van der Waals surface area contributed by atoms with Crippen LogP contribution in [0.15, 0.2) is 10.6 Å². The quantitative estimate of drug-likeness (QED) is 0.832. The topological polar surface area (TPSA) is 38.1 Å². The van der Waals surface area contributed by atoms with Crippen molar-refractivity contribution in [3.63, 3.8) is 0 Å². The summed E-state index contributed by atoms with van der Waals surface area (Å²) in [5.74, 6) is 1.90. The highest BCUT2D eigenvalue weighted by atomic mass is 16.5. The smallest absolute Gasteiger partial charge is 0.150 e. The molecule has 0 aromatic carbocycles. The molecule has 2 rings (SSSR count). The summed E-state index contributed by atoms with van der Waals surface area (Å²) >= 11 is 0. The molecular weight excluding hydrogens is 200 g/mol. The van der Waals surface area contributed by atoms with Gasteiger partial charge in [0.1, 0.15) is 0 Å². The third-order valence-electron chi connectivity index (χ3n) is 3.65. The Labute approximate surface area is 97.6 Å². The molecule has 90 valence electrons. The predicted molar refractivity (Wildman–Crippen MR) is 64.1 cm³/mol. The lowest BCUT2D eigenvalue weighted by molar-refractivity contribution is 0.356. The summed E-state index contributed by atoms with van der Waals surface area (Å²) in [4.78, 5) is 0. The van der Waals surface area contributed by atoms with E-state index in [0.29, 0.717) is 6.04 Å². The second-order valence-corrected chi connectivity index (χ2v) is 4.80. The molecule has 0 bridgehead atoms. The molecule has 1 fully saturated rings. The maximum Gasteiger partial charge on any atom is 0.150 e. The summed E-state index contributed by atoms with van der Waals surface area (Å²) in [6.45, 7) is 5.21. The maximum absolute atomic E-state index is 5.26. The Bertz CT molecular complexity index is 321. The zero-order valence-corrected chi connectivity index (χ0v) is 10.3. The van der Waals surface area contributed by atoms with Crippen molar-refractivity contribution in [1.82, 2.24) is 10.5 Å². The Morgan fingerprint density at radius 3 is 2.94 bits per heavy atom. The SMILES string of the molecule is CCc1cc(CNC2CCC(CC)C2)on1. The molecule has 1 heterocycles. The van der Waals surface area contributed by atoms with E-state index in [1.807, 2.05) is 0 Å². The van der Waals surface area contributed by atoms with E-state index in [9.17, 15) is 0 Å². The van der Waals surface area contributed by atoms with Gasteiger partial charge in [-0.15, -0.1) is 0 Å². The second kappa shape index (κ2) is 5.48. The van der Waals surface area contributed by atoms with Gasteiger partial charge in [-0.1, -0.05) is 25.4 Å². The molecule has 1 aliphatic rings. The van der Waals surface area contributed by atoms with Crippen molar-refractivity contribution in [2.24, 2.45) is 5.92 Å². The van der Waals surface area contributed by atoms with E-state index in [1.165, 1.54) is 25.7 Å². The molecule has 0 aliphatic heterocycles. The lowest BCUT2D eigenvalue weighted by Gasteiger charge is -2.10. The first-order valence-electron chi connectivity index (χ1n) is 6.49. The second-order valence-electron chi connectivity index (χ2n) is 4.80. The van der Waals surface area contributed by atoms with Crippen molar-refractivity contribution in [1.29, 1.82) is 0 Å². The fourth-order valence-corrected chi connectivity index (χ4v) is 2.48. The van der Waals surface area contributed by atoms with Crippen LogP contribution in [0.2, 0.25) is 0 Å². The van der Waals surface area contributed by atoms with E-state index in [1.54, 1.807) is 0 Å². The van der Waals surface area contributed by atoms with Crippen LogP contribution in [0.5, 0.6) is 0 Å². The molecule has 1 N–H and O–H groups in total. The van der Waals surface area contributed by atoms with Gasteiger partial charge in [-0.05, 0) is 31.6 Å². The van der Waals surface area contributed by atoms with Crippen LogP contribution in [0.4, 0.5) is 0 Å². The first-order valence-corrected chi connectivity index (χ1v) is 6.49. The summed E-state index contributed by atoms with van der Waals surface area (Å²) in [5.41, 5.74) is 1.05. The van der Waals surface area contributed by atoms with Gasteiger partial charge in [0.15, 0.2) is 5.76 Å². The molecule has 1 aliphatic carbocycles. The van der Waals surface area contributed by atoms with E-state index in [-0.39, 0.29) is 0 Å². The molecule has 3 heteroatoms. The zero-order chi connectivity index (χ0) is 11.4. The van der Waals surface area contributed by atoms with E-state index in [0.717, 1.165) is 30.3 Å². The largest absolute Gasteiger partial charge is 0.360 e. The van der Waals surface area contributed by atoms with Gasteiger partial charge < -0.3 is 9.84 Å². The Balaban J connectivity index is 1.75. The van der Waals surface area contributed by atoms with Gasteiger partial charge in [0.05, 0.1) is 12.2 Å². The van der Waals surface area contributed by atoms with Crippen molar-refractivity contribution < 1.29 is 4.52 Å². The normalized spacial score (nSPS) is 25.1. The van der Waals surface area contributed by atoms with Gasteiger partial charge in [0.2, 0.25) is 0 Å². The summed E-state index contributed by atoms with van der Waals surface area (Å²) in [7, 11) is 0. The number of rotatable bonds is 5. The van der Waals surface area contributed by atoms with Gasteiger partial charge in [-0.2, -0.15) is 0 Å². The average Bonchev–Trinajstić information content (AvgIpc) is 2.95. The molecule has 0 radical (unpaired) electrons. The molecule has 2 unspecified atom stereocenters. The maximum atomic E-state index is 5.26. The molecule has 1 aromatic rings. The molecule has 16 heavy (non-hydrogen) atoms. The molecule has 0 amide bonds. The molecule has 1 aromatic heterocycles. The van der Waals surface area contributed by atoms with Crippen LogP contribution in [0.3, 0.4) is 0 Å². The molecular formula is C13H22N2O. The van der Waals surface area contributed by atoms with Gasteiger partial charge in [0.25, 0.3) is 0 Å². The standard InChI is InChI=1S/C13H22N2O/c1-3-10-5-6-12(7-10)14-9-13-8-11(4-2)15-16-13/h8,10,12,14H,3-7,9H2,1-2H3. The van der Waals surface area contributed by atoms with Crippen LogP contribution in [0.25, 0.3) is 0 Å². The monoisotopic (exact) mass is 222 g/mol. The minimum atomic E-state index is 0.681. The summed E-state index contributed by atoms with van der Waals surface area (Å²) in [6, 6.07) is 2.74. The number of aryl methyl sites for hydroxylation is 1. The Morgan fingerprint density at radius 1 is 1.44 bits per heavy atom. The van der Waals surface area contributed by atoms with E-state index in [4.69, 9.17) is 4.52 Å². The van der Waals surface area contributed by atoms with Crippen LogP contribution in [-0.4, -0.2) is 11.2 Å². The predicted octanol–water partition coefficient (Wildman–Crippen LogP) is 2.91. The van der Waals surface area contributed by atoms with Gasteiger partial charge in [-0.3, -0.25) is 0 Å². The molecule has 3 nitrogen and oxygen atoms in total. The minimum Gasteiger partial charge on any atom is -0.360 e. The fraction of sp³-hybridized carbons (Fsp3) is 0.769. The highest BCUT2D eigenvalue weighted by Gasteiger charge is 2.22. The first-order chi connectivity index (χ1) is 7.81. The van der Waals surface area contributed by atoms with Gasteiger partial charge >= 0.3 is 0 Å². The first kappa shape index (κ1) is 11.6. The van der Waals surface area contributed by atoms with Crippen LogP contribution < -0.4 is 5.32 Å². The van der Waals surface area contributed by atoms with Gasteiger partial charge in [0, 0.05) is 12.1 Å².